The standard InChI is InChI=1S/C16H19NO4/c1-18-15(16-17-9-11-20-16)12-5-7-13(8-6-12)21-14-4-2-3-10-19-14/h5-9,11,14-15H,2-4,10H2,1H3. The molecule has 1 fully saturated rings. The predicted octanol–water partition coefficient (Wildman–Crippen LogP) is 3.32. The monoisotopic (exact) mass is 289 g/mol. The number of rotatable bonds is 5. The lowest BCUT2D eigenvalue weighted by molar-refractivity contribution is -0.105. The minimum atomic E-state index is -0.306. The fourth-order valence-corrected chi connectivity index (χ4v) is 2.42. The maximum Gasteiger partial charge on any atom is 0.227 e. The van der Waals surface area contributed by atoms with E-state index in [0.29, 0.717) is 5.89 Å². The summed E-state index contributed by atoms with van der Waals surface area (Å²) in [6.07, 6.45) is 5.93. The Bertz CT molecular complexity index is 532. The zero-order valence-corrected chi connectivity index (χ0v) is 12.0. The Morgan fingerprint density at radius 3 is 2.71 bits per heavy atom. The Hall–Kier alpha value is -1.85. The third kappa shape index (κ3) is 3.43. The molecular weight excluding hydrogens is 270 g/mol. The van der Waals surface area contributed by atoms with Gasteiger partial charge >= 0.3 is 0 Å². The van der Waals surface area contributed by atoms with Crippen LogP contribution in [0, 0.1) is 0 Å². The maximum atomic E-state index is 5.81. The van der Waals surface area contributed by atoms with Crippen LogP contribution in [-0.4, -0.2) is 25.0 Å². The van der Waals surface area contributed by atoms with Crippen molar-refractivity contribution < 1.29 is 18.6 Å². The van der Waals surface area contributed by atoms with Gasteiger partial charge in [-0.15, -0.1) is 0 Å². The number of hydrogen-bond acceptors (Lipinski definition) is 5. The summed E-state index contributed by atoms with van der Waals surface area (Å²) in [5.41, 5.74) is 0.969. The van der Waals surface area contributed by atoms with Crippen LogP contribution in [0.3, 0.4) is 0 Å². The summed E-state index contributed by atoms with van der Waals surface area (Å²) in [5.74, 6) is 1.34. The Labute approximate surface area is 123 Å². The highest BCUT2D eigenvalue weighted by Crippen LogP contribution is 2.26. The molecule has 21 heavy (non-hydrogen) atoms. The van der Waals surface area contributed by atoms with Crippen LogP contribution < -0.4 is 4.74 Å². The Balaban J connectivity index is 1.68. The average molecular weight is 289 g/mol. The molecule has 0 saturated carbocycles. The van der Waals surface area contributed by atoms with Gasteiger partial charge in [0.15, 0.2) is 12.4 Å². The second-order valence-corrected chi connectivity index (χ2v) is 4.97. The van der Waals surface area contributed by atoms with Crippen molar-refractivity contribution in [2.75, 3.05) is 13.7 Å². The Kier molecular flexibility index (Phi) is 4.52. The molecule has 2 heterocycles. The van der Waals surface area contributed by atoms with Gasteiger partial charge in [0.2, 0.25) is 5.89 Å². The van der Waals surface area contributed by atoms with Gasteiger partial charge in [-0.25, -0.2) is 4.98 Å². The first kappa shape index (κ1) is 14.1. The molecule has 0 aliphatic carbocycles. The lowest BCUT2D eigenvalue weighted by Crippen LogP contribution is -2.24. The first-order valence-electron chi connectivity index (χ1n) is 7.17. The molecule has 112 valence electrons. The molecule has 1 aliphatic heterocycles. The van der Waals surface area contributed by atoms with Gasteiger partial charge in [0.05, 0.1) is 12.8 Å². The number of methoxy groups -OCH3 is 1. The van der Waals surface area contributed by atoms with Crippen LogP contribution in [0.25, 0.3) is 0 Å². The van der Waals surface area contributed by atoms with Crippen LogP contribution in [0.1, 0.15) is 36.8 Å². The van der Waals surface area contributed by atoms with Crippen molar-refractivity contribution in [1.82, 2.24) is 4.98 Å². The van der Waals surface area contributed by atoms with Gasteiger partial charge in [0.25, 0.3) is 0 Å². The van der Waals surface area contributed by atoms with E-state index in [0.717, 1.165) is 37.2 Å². The molecule has 0 N–H and O–H groups in total. The number of hydrogen-bond donors (Lipinski definition) is 0. The van der Waals surface area contributed by atoms with E-state index in [1.165, 1.54) is 0 Å². The van der Waals surface area contributed by atoms with Gasteiger partial charge in [-0.2, -0.15) is 0 Å². The topological polar surface area (TPSA) is 53.7 Å². The van der Waals surface area contributed by atoms with Gasteiger partial charge in [0, 0.05) is 13.5 Å². The summed E-state index contributed by atoms with van der Waals surface area (Å²) in [5, 5.41) is 0. The molecule has 3 rings (SSSR count). The second kappa shape index (κ2) is 6.74. The van der Waals surface area contributed by atoms with E-state index in [4.69, 9.17) is 18.6 Å². The van der Waals surface area contributed by atoms with E-state index in [1.807, 2.05) is 24.3 Å². The van der Waals surface area contributed by atoms with Crippen LogP contribution in [0.2, 0.25) is 0 Å². The van der Waals surface area contributed by atoms with Crippen LogP contribution in [-0.2, 0) is 9.47 Å². The van der Waals surface area contributed by atoms with Gasteiger partial charge in [-0.3, -0.25) is 0 Å². The maximum absolute atomic E-state index is 5.81. The van der Waals surface area contributed by atoms with Crippen molar-refractivity contribution in [2.45, 2.75) is 31.7 Å². The van der Waals surface area contributed by atoms with E-state index in [9.17, 15) is 0 Å². The molecule has 1 aromatic heterocycles. The number of aromatic nitrogens is 1. The molecular formula is C16H19NO4. The van der Waals surface area contributed by atoms with Crippen LogP contribution in [0.5, 0.6) is 5.75 Å². The van der Waals surface area contributed by atoms with Crippen LogP contribution in [0.4, 0.5) is 0 Å². The number of nitrogens with zero attached hydrogens (tertiary/aromatic N) is 1. The Morgan fingerprint density at radius 2 is 2.10 bits per heavy atom. The molecule has 1 saturated heterocycles. The highest BCUT2D eigenvalue weighted by atomic mass is 16.7. The molecule has 1 aromatic carbocycles. The first-order chi connectivity index (χ1) is 10.4. The summed E-state index contributed by atoms with van der Waals surface area (Å²) in [6.45, 7) is 0.776. The lowest BCUT2D eigenvalue weighted by Gasteiger charge is -2.23. The second-order valence-electron chi connectivity index (χ2n) is 4.97. The lowest BCUT2D eigenvalue weighted by atomic mass is 10.1. The van der Waals surface area contributed by atoms with E-state index < -0.39 is 0 Å². The summed E-state index contributed by atoms with van der Waals surface area (Å²) in [4.78, 5) is 4.14. The summed E-state index contributed by atoms with van der Waals surface area (Å²) < 4.78 is 22.1. The fourth-order valence-electron chi connectivity index (χ4n) is 2.42. The van der Waals surface area contributed by atoms with Crippen LogP contribution >= 0.6 is 0 Å². The van der Waals surface area contributed by atoms with E-state index in [-0.39, 0.29) is 12.4 Å². The van der Waals surface area contributed by atoms with Crippen molar-refractivity contribution in [1.29, 1.82) is 0 Å². The predicted molar refractivity (Wildman–Crippen MR) is 76.0 cm³/mol. The fraction of sp³-hybridized carbons (Fsp3) is 0.438. The van der Waals surface area contributed by atoms with Gasteiger partial charge in [0.1, 0.15) is 12.0 Å². The Morgan fingerprint density at radius 1 is 1.24 bits per heavy atom. The largest absolute Gasteiger partial charge is 0.465 e. The third-order valence-corrected chi connectivity index (χ3v) is 3.50. The quantitative estimate of drug-likeness (QED) is 0.845. The molecule has 0 radical (unpaired) electrons. The zero-order chi connectivity index (χ0) is 14.5. The average Bonchev–Trinajstić information content (AvgIpc) is 3.05. The molecule has 0 bridgehead atoms. The molecule has 0 amide bonds. The molecule has 2 aromatic rings. The number of benzene rings is 1. The van der Waals surface area contributed by atoms with Crippen molar-refractivity contribution in [2.24, 2.45) is 0 Å². The summed E-state index contributed by atoms with van der Waals surface area (Å²) in [6, 6.07) is 7.75. The first-order valence-corrected chi connectivity index (χ1v) is 7.17. The third-order valence-electron chi connectivity index (χ3n) is 3.50. The van der Waals surface area contributed by atoms with Crippen molar-refractivity contribution >= 4 is 0 Å². The number of oxazole rings is 1. The molecule has 2 atom stereocenters. The molecule has 0 spiro atoms. The molecule has 5 heteroatoms. The zero-order valence-electron chi connectivity index (χ0n) is 12.0. The van der Waals surface area contributed by atoms with Crippen molar-refractivity contribution in [3.05, 3.63) is 48.2 Å². The van der Waals surface area contributed by atoms with Crippen LogP contribution in [0.15, 0.2) is 41.1 Å². The smallest absolute Gasteiger partial charge is 0.227 e. The van der Waals surface area contributed by atoms with Gasteiger partial charge in [-0.1, -0.05) is 12.1 Å². The van der Waals surface area contributed by atoms with Crippen molar-refractivity contribution in [3.8, 4) is 5.75 Å². The molecule has 1 aliphatic rings. The van der Waals surface area contributed by atoms with E-state index in [2.05, 4.69) is 4.98 Å². The molecule has 5 nitrogen and oxygen atoms in total. The minimum absolute atomic E-state index is 0.130. The van der Waals surface area contributed by atoms with Gasteiger partial charge in [-0.05, 0) is 30.5 Å². The summed E-state index contributed by atoms with van der Waals surface area (Å²) in [7, 11) is 1.63. The highest BCUT2D eigenvalue weighted by Gasteiger charge is 2.19. The summed E-state index contributed by atoms with van der Waals surface area (Å²) >= 11 is 0. The molecule has 2 unspecified atom stereocenters. The highest BCUT2D eigenvalue weighted by molar-refractivity contribution is 5.30. The van der Waals surface area contributed by atoms with E-state index >= 15 is 0 Å². The SMILES string of the molecule is COC(c1ccc(OC2CCCCO2)cc1)c1ncco1. The van der Waals surface area contributed by atoms with E-state index in [1.54, 1.807) is 19.6 Å². The number of ether oxygens (including phenoxy) is 3. The minimum Gasteiger partial charge on any atom is -0.465 e. The van der Waals surface area contributed by atoms with Gasteiger partial charge < -0.3 is 18.6 Å². The normalized spacial score (nSPS) is 20.1. The van der Waals surface area contributed by atoms with Crippen molar-refractivity contribution in [3.63, 3.8) is 0 Å².